The first-order valence-corrected chi connectivity index (χ1v) is 6.87. The molecule has 1 N–H and O–H groups in total. The molecule has 21 heavy (non-hydrogen) atoms. The lowest BCUT2D eigenvalue weighted by Gasteiger charge is -2.05. The summed E-state index contributed by atoms with van der Waals surface area (Å²) in [6, 6.07) is 8.76. The summed E-state index contributed by atoms with van der Waals surface area (Å²) in [7, 11) is 0. The SMILES string of the molecule is Clc1ccc(OCc2nc(-c3cccnc3)n[nH]2)c(Cl)c1. The van der Waals surface area contributed by atoms with Gasteiger partial charge in [-0.25, -0.2) is 4.98 Å². The smallest absolute Gasteiger partial charge is 0.182 e. The molecular formula is C14H10Cl2N4O. The van der Waals surface area contributed by atoms with Crippen molar-refractivity contribution in [1.82, 2.24) is 20.2 Å². The second kappa shape index (κ2) is 6.11. The van der Waals surface area contributed by atoms with E-state index in [1.165, 1.54) is 0 Å². The molecule has 2 aromatic heterocycles. The summed E-state index contributed by atoms with van der Waals surface area (Å²) >= 11 is 11.9. The molecule has 5 nitrogen and oxygen atoms in total. The van der Waals surface area contributed by atoms with Gasteiger partial charge in [0.1, 0.15) is 12.4 Å². The first-order valence-electron chi connectivity index (χ1n) is 6.12. The van der Waals surface area contributed by atoms with E-state index in [4.69, 9.17) is 27.9 Å². The Morgan fingerprint density at radius 3 is 2.86 bits per heavy atom. The van der Waals surface area contributed by atoms with Gasteiger partial charge in [-0.2, -0.15) is 5.10 Å². The highest BCUT2D eigenvalue weighted by Gasteiger charge is 2.08. The Balaban J connectivity index is 1.70. The lowest BCUT2D eigenvalue weighted by Crippen LogP contribution is -1.98. The van der Waals surface area contributed by atoms with E-state index in [1.54, 1.807) is 30.6 Å². The maximum atomic E-state index is 6.03. The largest absolute Gasteiger partial charge is 0.484 e. The van der Waals surface area contributed by atoms with Crippen LogP contribution >= 0.6 is 23.2 Å². The number of hydrogen-bond donors (Lipinski definition) is 1. The summed E-state index contributed by atoms with van der Waals surface area (Å²) in [6.45, 7) is 0.231. The van der Waals surface area contributed by atoms with Crippen LogP contribution in [0.5, 0.6) is 5.75 Å². The van der Waals surface area contributed by atoms with Crippen LogP contribution in [0.1, 0.15) is 5.82 Å². The maximum Gasteiger partial charge on any atom is 0.182 e. The molecule has 0 unspecified atom stereocenters. The number of H-pyrrole nitrogens is 1. The molecule has 0 radical (unpaired) electrons. The van der Waals surface area contributed by atoms with Crippen LogP contribution in [-0.4, -0.2) is 20.2 Å². The Labute approximate surface area is 130 Å². The van der Waals surface area contributed by atoms with Crippen molar-refractivity contribution in [2.75, 3.05) is 0 Å². The van der Waals surface area contributed by atoms with Gasteiger partial charge < -0.3 is 4.74 Å². The van der Waals surface area contributed by atoms with Gasteiger partial charge in [0.25, 0.3) is 0 Å². The minimum Gasteiger partial charge on any atom is -0.484 e. The molecule has 0 saturated heterocycles. The topological polar surface area (TPSA) is 63.7 Å². The second-order valence-corrected chi connectivity index (χ2v) is 5.05. The molecule has 0 saturated carbocycles. The van der Waals surface area contributed by atoms with Crippen molar-refractivity contribution in [3.05, 3.63) is 58.6 Å². The van der Waals surface area contributed by atoms with Crippen LogP contribution in [0.3, 0.4) is 0 Å². The Hall–Kier alpha value is -2.11. The van der Waals surface area contributed by atoms with E-state index in [-0.39, 0.29) is 6.61 Å². The Morgan fingerprint density at radius 2 is 2.10 bits per heavy atom. The molecule has 1 aromatic carbocycles. The number of rotatable bonds is 4. The summed E-state index contributed by atoms with van der Waals surface area (Å²) < 4.78 is 5.59. The molecule has 0 aliphatic heterocycles. The molecule has 0 fully saturated rings. The molecule has 106 valence electrons. The predicted molar refractivity (Wildman–Crippen MR) is 80.4 cm³/mol. The van der Waals surface area contributed by atoms with Crippen LogP contribution in [0.2, 0.25) is 10.0 Å². The van der Waals surface area contributed by atoms with Crippen LogP contribution in [0.15, 0.2) is 42.7 Å². The highest BCUT2D eigenvalue weighted by atomic mass is 35.5. The monoisotopic (exact) mass is 320 g/mol. The molecule has 0 aliphatic carbocycles. The molecule has 0 amide bonds. The van der Waals surface area contributed by atoms with Crippen LogP contribution in [0, 0.1) is 0 Å². The van der Waals surface area contributed by atoms with Gasteiger partial charge in [0, 0.05) is 23.0 Å². The Bertz CT molecular complexity index is 746. The summed E-state index contributed by atoms with van der Waals surface area (Å²) in [4.78, 5) is 8.37. The molecule has 0 spiro atoms. The van der Waals surface area contributed by atoms with Crippen molar-refractivity contribution >= 4 is 23.2 Å². The van der Waals surface area contributed by atoms with Gasteiger partial charge in [-0.05, 0) is 30.3 Å². The lowest BCUT2D eigenvalue weighted by molar-refractivity contribution is 0.296. The van der Waals surface area contributed by atoms with E-state index in [1.807, 2.05) is 12.1 Å². The fourth-order valence-electron chi connectivity index (χ4n) is 1.72. The third-order valence-electron chi connectivity index (χ3n) is 2.71. The highest BCUT2D eigenvalue weighted by molar-refractivity contribution is 6.35. The number of pyridine rings is 1. The number of nitrogens with one attached hydrogen (secondary N) is 1. The summed E-state index contributed by atoms with van der Waals surface area (Å²) in [5, 5.41) is 7.96. The summed E-state index contributed by atoms with van der Waals surface area (Å²) in [5.41, 5.74) is 0.838. The minimum absolute atomic E-state index is 0.231. The molecule has 0 aliphatic rings. The van der Waals surface area contributed by atoms with Crippen LogP contribution in [-0.2, 0) is 6.61 Å². The van der Waals surface area contributed by atoms with E-state index in [0.29, 0.717) is 27.4 Å². The Kier molecular flexibility index (Phi) is 4.03. The summed E-state index contributed by atoms with van der Waals surface area (Å²) in [6.07, 6.45) is 3.40. The molecule has 7 heteroatoms. The van der Waals surface area contributed by atoms with Gasteiger partial charge in [-0.3, -0.25) is 10.1 Å². The zero-order chi connectivity index (χ0) is 14.7. The molecule has 0 atom stereocenters. The van der Waals surface area contributed by atoms with Gasteiger partial charge in [-0.1, -0.05) is 23.2 Å². The van der Waals surface area contributed by atoms with Crippen LogP contribution in [0.4, 0.5) is 0 Å². The Morgan fingerprint density at radius 1 is 1.19 bits per heavy atom. The van der Waals surface area contributed by atoms with Gasteiger partial charge >= 0.3 is 0 Å². The first kappa shape index (κ1) is 13.9. The maximum absolute atomic E-state index is 6.03. The van der Waals surface area contributed by atoms with Gasteiger partial charge in [0.05, 0.1) is 5.02 Å². The average Bonchev–Trinajstić information content (AvgIpc) is 2.96. The number of aromatic nitrogens is 4. The number of halogens is 2. The summed E-state index contributed by atoms with van der Waals surface area (Å²) in [5.74, 6) is 1.71. The third-order valence-corrected chi connectivity index (χ3v) is 3.24. The fraction of sp³-hybridized carbons (Fsp3) is 0.0714. The molecule has 3 rings (SSSR count). The van der Waals surface area contributed by atoms with E-state index in [2.05, 4.69) is 20.2 Å². The minimum atomic E-state index is 0.231. The number of benzene rings is 1. The fourth-order valence-corrected chi connectivity index (χ4v) is 2.19. The lowest BCUT2D eigenvalue weighted by atomic mass is 10.3. The van der Waals surface area contributed by atoms with Crippen molar-refractivity contribution in [2.45, 2.75) is 6.61 Å². The quantitative estimate of drug-likeness (QED) is 0.795. The van der Waals surface area contributed by atoms with Crippen molar-refractivity contribution in [1.29, 1.82) is 0 Å². The zero-order valence-corrected chi connectivity index (χ0v) is 12.3. The van der Waals surface area contributed by atoms with Crippen molar-refractivity contribution < 1.29 is 4.74 Å². The van der Waals surface area contributed by atoms with Crippen molar-refractivity contribution in [3.63, 3.8) is 0 Å². The molecule has 2 heterocycles. The average molecular weight is 321 g/mol. The zero-order valence-electron chi connectivity index (χ0n) is 10.8. The number of hydrogen-bond acceptors (Lipinski definition) is 4. The van der Waals surface area contributed by atoms with Crippen LogP contribution in [0.25, 0.3) is 11.4 Å². The molecule has 3 aromatic rings. The van der Waals surface area contributed by atoms with Gasteiger partial charge in [0.15, 0.2) is 11.6 Å². The second-order valence-electron chi connectivity index (χ2n) is 4.21. The number of aromatic amines is 1. The van der Waals surface area contributed by atoms with E-state index >= 15 is 0 Å². The number of nitrogens with zero attached hydrogens (tertiary/aromatic N) is 3. The molecular weight excluding hydrogens is 311 g/mol. The predicted octanol–water partition coefficient (Wildman–Crippen LogP) is 3.75. The van der Waals surface area contributed by atoms with Gasteiger partial charge in [-0.15, -0.1) is 0 Å². The van der Waals surface area contributed by atoms with E-state index in [0.717, 1.165) is 5.56 Å². The third kappa shape index (κ3) is 3.32. The normalized spacial score (nSPS) is 10.6. The molecule has 0 bridgehead atoms. The van der Waals surface area contributed by atoms with Crippen molar-refractivity contribution in [3.8, 4) is 17.1 Å². The van der Waals surface area contributed by atoms with E-state index < -0.39 is 0 Å². The highest BCUT2D eigenvalue weighted by Crippen LogP contribution is 2.28. The number of ether oxygens (including phenoxy) is 1. The van der Waals surface area contributed by atoms with Gasteiger partial charge in [0.2, 0.25) is 0 Å². The van der Waals surface area contributed by atoms with Crippen molar-refractivity contribution in [2.24, 2.45) is 0 Å². The van der Waals surface area contributed by atoms with E-state index in [9.17, 15) is 0 Å². The standard InChI is InChI=1S/C14H10Cl2N4O/c15-10-3-4-12(11(16)6-10)21-8-13-18-14(20-19-13)9-2-1-5-17-7-9/h1-7H,8H2,(H,18,19,20). The first-order chi connectivity index (χ1) is 10.2. The van der Waals surface area contributed by atoms with Crippen LogP contribution < -0.4 is 4.74 Å².